The van der Waals surface area contributed by atoms with Crippen LogP contribution in [0.3, 0.4) is 0 Å². The number of benzene rings is 3. The predicted molar refractivity (Wildman–Crippen MR) is 231 cm³/mol. The van der Waals surface area contributed by atoms with Crippen molar-refractivity contribution in [2.24, 2.45) is 16.7 Å². The summed E-state index contributed by atoms with van der Waals surface area (Å²) in [6.07, 6.45) is 7.55. The summed E-state index contributed by atoms with van der Waals surface area (Å²) in [6.45, 7) is 27.5. The minimum absolute atomic E-state index is 0. The van der Waals surface area contributed by atoms with Crippen LogP contribution < -0.4 is 0 Å². The number of fused-ring (bicyclic) bond motifs is 3. The molecule has 3 aromatic carbocycles. The van der Waals surface area contributed by atoms with Crippen molar-refractivity contribution in [1.82, 2.24) is 4.98 Å². The Bertz CT molecular complexity index is 2340. The number of allylic oxidation sites excluding steroid dienone is 2. The minimum atomic E-state index is -0.337. The van der Waals surface area contributed by atoms with Crippen molar-refractivity contribution in [3.8, 4) is 22.4 Å². The van der Waals surface area contributed by atoms with Crippen LogP contribution in [0.2, 0.25) is 0 Å². The molecule has 6 rings (SSSR count). The van der Waals surface area contributed by atoms with Gasteiger partial charge in [-0.15, -0.1) is 29.1 Å². The number of hydrogen-bond acceptors (Lipinski definition) is 5. The van der Waals surface area contributed by atoms with Crippen LogP contribution in [0.4, 0.5) is 0 Å². The summed E-state index contributed by atoms with van der Waals surface area (Å²) in [5.74, 6) is 1.84. The van der Waals surface area contributed by atoms with Crippen molar-refractivity contribution >= 4 is 38.6 Å². The molecule has 0 atom stereocenters. The summed E-state index contributed by atoms with van der Waals surface area (Å²) in [7, 11) is 0. The number of aliphatic hydroxyl groups excluding tert-OH is 1. The normalized spacial score (nSPS) is 12.6. The van der Waals surface area contributed by atoms with Crippen molar-refractivity contribution in [2.75, 3.05) is 0 Å². The summed E-state index contributed by atoms with van der Waals surface area (Å²) >= 11 is 0. The SMILES string of the molecule is CCC(C)(CC)C(=O)/C=C(\O)C(C)(CC)CC.Cc1oc2ccc(-c3cc(-c4[c-]c5ccccc5c(C(C)(C)C)c4)nc4occ(C)c34)cc2c1CC(C)C.[Ir]. The number of aryl methyl sites for hydroxylation is 2. The minimum Gasteiger partial charge on any atom is -0.512 e. The Labute approximate surface area is 348 Å². The third-order valence-corrected chi connectivity index (χ3v) is 12.1. The van der Waals surface area contributed by atoms with Crippen molar-refractivity contribution in [3.05, 3.63) is 101 Å². The fourth-order valence-corrected chi connectivity index (χ4v) is 7.33. The molecule has 0 spiro atoms. The molecule has 0 aliphatic rings. The predicted octanol–water partition coefficient (Wildman–Crippen LogP) is 14.6. The fraction of sp³-hybridized carbons (Fsp3) is 0.440. The van der Waals surface area contributed by atoms with E-state index in [9.17, 15) is 9.90 Å². The summed E-state index contributed by atoms with van der Waals surface area (Å²) in [6, 6.07) is 23.1. The quantitative estimate of drug-likeness (QED) is 0.0796. The fourth-order valence-electron chi connectivity index (χ4n) is 7.33. The van der Waals surface area contributed by atoms with Gasteiger partial charge in [-0.2, -0.15) is 0 Å². The number of aromatic nitrogens is 1. The maximum atomic E-state index is 12.2. The molecule has 301 valence electrons. The molecule has 5 nitrogen and oxygen atoms in total. The van der Waals surface area contributed by atoms with Crippen LogP contribution in [0.5, 0.6) is 0 Å². The van der Waals surface area contributed by atoms with Gasteiger partial charge >= 0.3 is 0 Å². The monoisotopic (exact) mass is 933 g/mol. The number of aliphatic hydroxyl groups is 1. The van der Waals surface area contributed by atoms with Gasteiger partial charge in [-0.3, -0.25) is 9.78 Å². The zero-order valence-electron chi connectivity index (χ0n) is 35.9. The van der Waals surface area contributed by atoms with Gasteiger partial charge in [-0.1, -0.05) is 117 Å². The Morgan fingerprint density at radius 1 is 0.875 bits per heavy atom. The second-order valence-corrected chi connectivity index (χ2v) is 17.4. The third-order valence-electron chi connectivity index (χ3n) is 12.1. The van der Waals surface area contributed by atoms with Gasteiger partial charge in [0.2, 0.25) is 5.71 Å². The van der Waals surface area contributed by atoms with Crippen LogP contribution in [0.25, 0.3) is 55.2 Å². The van der Waals surface area contributed by atoms with Crippen LogP contribution in [-0.2, 0) is 36.7 Å². The van der Waals surface area contributed by atoms with E-state index in [0.29, 0.717) is 11.6 Å². The molecule has 3 aromatic heterocycles. The van der Waals surface area contributed by atoms with Gasteiger partial charge in [0.05, 0.1) is 6.26 Å². The van der Waals surface area contributed by atoms with E-state index in [-0.39, 0.29) is 47.9 Å². The first-order valence-electron chi connectivity index (χ1n) is 20.2. The van der Waals surface area contributed by atoms with E-state index in [2.05, 4.69) is 109 Å². The Hall–Kier alpha value is -3.99. The second-order valence-electron chi connectivity index (χ2n) is 17.4. The second kappa shape index (κ2) is 17.7. The molecule has 6 heteroatoms. The van der Waals surface area contributed by atoms with Gasteiger partial charge < -0.3 is 13.9 Å². The number of hydrogen-bond donors (Lipinski definition) is 1. The summed E-state index contributed by atoms with van der Waals surface area (Å²) in [5, 5.41) is 14.7. The standard InChI is InChI=1S/C35H34NO2.C15H28O2.Ir/c1-20(2)14-27-22(4)38-32-13-12-24(16-29(27)32)28-18-31(36-34-33(28)21(3)19-37-34)25-15-23-10-8-9-11-26(23)30(17-25)35(5,6)7;1-7-14(5,8-2)12(16)11-13(17)15(6,9-3)10-4;/h8-13,16-20H,14H2,1-7H3;11,16H,7-10H2,1-6H3;/q-1;;/b;12-11-;. The molecule has 1 N–H and O–H groups in total. The van der Waals surface area contributed by atoms with Crippen LogP contribution in [0.1, 0.15) is 124 Å². The van der Waals surface area contributed by atoms with Gasteiger partial charge in [0, 0.05) is 59.0 Å². The summed E-state index contributed by atoms with van der Waals surface area (Å²) in [5.41, 5.74) is 8.73. The van der Waals surface area contributed by atoms with E-state index < -0.39 is 0 Å². The molecule has 56 heavy (non-hydrogen) atoms. The zero-order valence-corrected chi connectivity index (χ0v) is 38.3. The molecule has 0 aliphatic heterocycles. The summed E-state index contributed by atoms with van der Waals surface area (Å²) < 4.78 is 12.1. The number of furan rings is 2. The summed E-state index contributed by atoms with van der Waals surface area (Å²) in [4.78, 5) is 17.2. The molecule has 6 aromatic rings. The van der Waals surface area contributed by atoms with E-state index in [1.807, 2.05) is 41.5 Å². The maximum Gasteiger partial charge on any atom is 0.219 e. The first-order chi connectivity index (χ1) is 25.9. The molecular formula is C50H62IrNO4-. The van der Waals surface area contributed by atoms with E-state index >= 15 is 0 Å². The Morgan fingerprint density at radius 3 is 2.12 bits per heavy atom. The van der Waals surface area contributed by atoms with Crippen LogP contribution in [0.15, 0.2) is 81.5 Å². The van der Waals surface area contributed by atoms with E-state index in [4.69, 9.17) is 13.8 Å². The molecule has 0 bridgehead atoms. The van der Waals surface area contributed by atoms with E-state index in [1.165, 1.54) is 28.0 Å². The number of ketones is 1. The molecule has 0 saturated heterocycles. The van der Waals surface area contributed by atoms with Gasteiger partial charge in [0.1, 0.15) is 17.1 Å². The molecule has 3 heterocycles. The van der Waals surface area contributed by atoms with Gasteiger partial charge in [-0.05, 0) is 86.1 Å². The van der Waals surface area contributed by atoms with Crippen molar-refractivity contribution in [3.63, 3.8) is 0 Å². The van der Waals surface area contributed by atoms with Crippen molar-refractivity contribution in [1.29, 1.82) is 0 Å². The number of pyridine rings is 1. The Kier molecular flexibility index (Phi) is 14.1. The molecule has 0 fully saturated rings. The van der Waals surface area contributed by atoms with Crippen LogP contribution in [0, 0.1) is 36.7 Å². The smallest absolute Gasteiger partial charge is 0.219 e. The number of nitrogens with zero attached hydrogens (tertiary/aromatic N) is 1. The van der Waals surface area contributed by atoms with Crippen molar-refractivity contribution < 1.29 is 38.8 Å². The van der Waals surface area contributed by atoms with E-state index in [1.54, 1.807) is 6.26 Å². The molecule has 0 unspecified atom stereocenters. The number of carbonyl (C=O) groups excluding carboxylic acids is 1. The average Bonchev–Trinajstić information content (AvgIpc) is 3.70. The molecular weight excluding hydrogens is 871 g/mol. The van der Waals surface area contributed by atoms with Crippen LogP contribution >= 0.6 is 0 Å². The van der Waals surface area contributed by atoms with Crippen LogP contribution in [-0.4, -0.2) is 15.9 Å². The number of rotatable bonds is 11. The third kappa shape index (κ3) is 9.08. The first-order valence-corrected chi connectivity index (χ1v) is 20.2. The molecule has 0 amide bonds. The zero-order chi connectivity index (χ0) is 40.5. The molecule has 0 aliphatic carbocycles. The molecule has 0 saturated carbocycles. The number of carbonyl (C=O) groups is 1. The van der Waals surface area contributed by atoms with Gasteiger partial charge in [0.15, 0.2) is 5.78 Å². The maximum absolute atomic E-state index is 12.2. The van der Waals surface area contributed by atoms with E-state index in [0.717, 1.165) is 82.2 Å². The van der Waals surface area contributed by atoms with Gasteiger partial charge in [0.25, 0.3) is 0 Å². The van der Waals surface area contributed by atoms with Crippen molar-refractivity contribution in [2.45, 2.75) is 128 Å². The topological polar surface area (TPSA) is 76.5 Å². The van der Waals surface area contributed by atoms with Gasteiger partial charge in [-0.25, -0.2) is 0 Å². The first kappa shape index (κ1) is 44.7. The largest absolute Gasteiger partial charge is 0.512 e. The average molecular weight is 933 g/mol. The Balaban J connectivity index is 0.000000330. The molecule has 1 radical (unpaired) electrons. The Morgan fingerprint density at radius 2 is 1.52 bits per heavy atom.